The van der Waals surface area contributed by atoms with Crippen LogP contribution in [0.2, 0.25) is 0 Å². The maximum absolute atomic E-state index is 13.5. The molecule has 2 aromatic carbocycles. The monoisotopic (exact) mass is 507 g/mol. The van der Waals surface area contributed by atoms with E-state index in [1.54, 1.807) is 24.3 Å². The molecule has 2 fully saturated rings. The maximum Gasteiger partial charge on any atom is 0.188 e. The SMILES string of the molecule is CN1[C@H]2CC[C@H]1/C(=C\c1ccc(F)c(Br)c1)C(=O)/C2=C/c1ccc(F)c(Br)c1. The Balaban J connectivity index is 1.77. The highest BCUT2D eigenvalue weighted by Crippen LogP contribution is 2.40. The maximum atomic E-state index is 13.5. The first kappa shape index (κ1) is 19.7. The Kier molecular flexibility index (Phi) is 5.38. The molecular weight excluding hydrogens is 492 g/mol. The van der Waals surface area contributed by atoms with E-state index in [0.29, 0.717) is 20.1 Å². The highest BCUT2D eigenvalue weighted by molar-refractivity contribution is 9.10. The summed E-state index contributed by atoms with van der Waals surface area (Å²) < 4.78 is 27.8. The van der Waals surface area contributed by atoms with Crippen molar-refractivity contribution in [3.05, 3.63) is 79.3 Å². The Morgan fingerprint density at radius 1 is 0.893 bits per heavy atom. The van der Waals surface area contributed by atoms with Crippen molar-refractivity contribution in [2.24, 2.45) is 0 Å². The van der Waals surface area contributed by atoms with Gasteiger partial charge in [-0.3, -0.25) is 9.69 Å². The second-order valence-corrected chi connectivity index (χ2v) is 8.86. The third-order valence-corrected chi connectivity index (χ3v) is 6.69. The summed E-state index contributed by atoms with van der Waals surface area (Å²) in [5.41, 5.74) is 2.97. The zero-order valence-corrected chi connectivity index (χ0v) is 18.2. The number of nitrogens with zero attached hydrogens (tertiary/aromatic N) is 1. The molecule has 2 aliphatic heterocycles. The van der Waals surface area contributed by atoms with Gasteiger partial charge in [0.05, 0.1) is 8.95 Å². The first-order valence-electron chi connectivity index (χ1n) is 8.95. The van der Waals surface area contributed by atoms with E-state index in [1.807, 2.05) is 19.2 Å². The molecule has 0 saturated carbocycles. The number of rotatable bonds is 2. The molecule has 0 aromatic heterocycles. The lowest BCUT2D eigenvalue weighted by Crippen LogP contribution is -2.43. The first-order valence-corrected chi connectivity index (χ1v) is 10.5. The van der Waals surface area contributed by atoms with E-state index in [0.717, 1.165) is 24.0 Å². The second kappa shape index (κ2) is 7.65. The Morgan fingerprint density at radius 2 is 1.32 bits per heavy atom. The van der Waals surface area contributed by atoms with Crippen molar-refractivity contribution < 1.29 is 13.6 Å². The summed E-state index contributed by atoms with van der Waals surface area (Å²) in [5, 5.41) is 0. The van der Waals surface area contributed by atoms with Gasteiger partial charge in [0.1, 0.15) is 11.6 Å². The molecule has 144 valence electrons. The van der Waals surface area contributed by atoms with E-state index in [2.05, 4.69) is 36.8 Å². The van der Waals surface area contributed by atoms with Crippen LogP contribution in [0.4, 0.5) is 8.78 Å². The second-order valence-electron chi connectivity index (χ2n) is 7.15. The van der Waals surface area contributed by atoms with E-state index < -0.39 is 0 Å². The molecule has 2 aromatic rings. The lowest BCUT2D eigenvalue weighted by molar-refractivity contribution is -0.114. The van der Waals surface area contributed by atoms with Crippen molar-refractivity contribution in [3.8, 4) is 0 Å². The number of piperidine rings is 1. The predicted molar refractivity (Wildman–Crippen MR) is 114 cm³/mol. The normalized spacial score (nSPS) is 25.1. The van der Waals surface area contributed by atoms with Crippen molar-refractivity contribution in [2.75, 3.05) is 7.05 Å². The zero-order valence-electron chi connectivity index (χ0n) is 15.1. The highest BCUT2D eigenvalue weighted by atomic mass is 79.9. The third-order valence-electron chi connectivity index (χ3n) is 5.47. The summed E-state index contributed by atoms with van der Waals surface area (Å²) in [6.45, 7) is 0. The lowest BCUT2D eigenvalue weighted by Gasteiger charge is -2.34. The van der Waals surface area contributed by atoms with Gasteiger partial charge in [0.15, 0.2) is 5.78 Å². The molecule has 0 amide bonds. The van der Waals surface area contributed by atoms with Crippen LogP contribution >= 0.6 is 31.9 Å². The number of carbonyl (C=O) groups is 1. The van der Waals surface area contributed by atoms with E-state index in [9.17, 15) is 13.6 Å². The Labute approximate surface area is 179 Å². The van der Waals surface area contributed by atoms with Gasteiger partial charge >= 0.3 is 0 Å². The Morgan fingerprint density at radius 3 is 1.71 bits per heavy atom. The minimum Gasteiger partial charge on any atom is -0.292 e. The number of carbonyl (C=O) groups excluding carboxylic acids is 1. The van der Waals surface area contributed by atoms with Crippen LogP contribution in [0, 0.1) is 11.6 Å². The number of hydrogen-bond acceptors (Lipinski definition) is 2. The number of halogens is 4. The summed E-state index contributed by atoms with van der Waals surface area (Å²) in [5.74, 6) is -0.665. The largest absolute Gasteiger partial charge is 0.292 e. The van der Waals surface area contributed by atoms with Gasteiger partial charge in [-0.25, -0.2) is 8.78 Å². The number of fused-ring (bicyclic) bond motifs is 2. The van der Waals surface area contributed by atoms with Gasteiger partial charge in [0, 0.05) is 23.2 Å². The van der Waals surface area contributed by atoms with Crippen LogP contribution in [-0.2, 0) is 4.79 Å². The molecule has 2 nitrogen and oxygen atoms in total. The number of benzene rings is 2. The third kappa shape index (κ3) is 3.53. The molecule has 0 radical (unpaired) electrons. The van der Waals surface area contributed by atoms with Gasteiger partial charge in [0.2, 0.25) is 0 Å². The molecule has 2 heterocycles. The number of ketones is 1. The number of hydrogen-bond donors (Lipinski definition) is 0. The summed E-state index contributed by atoms with van der Waals surface area (Å²) in [6, 6.07) is 9.57. The summed E-state index contributed by atoms with van der Waals surface area (Å²) >= 11 is 6.40. The molecule has 6 heteroatoms. The Hall–Kier alpha value is -1.63. The van der Waals surface area contributed by atoms with Crippen molar-refractivity contribution in [1.82, 2.24) is 4.90 Å². The molecule has 0 aliphatic carbocycles. The molecule has 4 rings (SSSR count). The smallest absolute Gasteiger partial charge is 0.188 e. The van der Waals surface area contributed by atoms with E-state index in [-0.39, 0.29) is 29.5 Å². The molecule has 0 N–H and O–H groups in total. The van der Waals surface area contributed by atoms with Crippen LogP contribution in [0.25, 0.3) is 12.2 Å². The fourth-order valence-corrected chi connectivity index (χ4v) is 4.84. The fraction of sp³-hybridized carbons (Fsp3) is 0.227. The van der Waals surface area contributed by atoms with Crippen LogP contribution in [0.5, 0.6) is 0 Å². The van der Waals surface area contributed by atoms with Gasteiger partial charge in [-0.2, -0.15) is 0 Å². The average molecular weight is 509 g/mol. The van der Waals surface area contributed by atoms with Gasteiger partial charge in [-0.15, -0.1) is 0 Å². The van der Waals surface area contributed by atoms with Crippen LogP contribution in [0.3, 0.4) is 0 Å². The quantitative estimate of drug-likeness (QED) is 0.463. The summed E-state index contributed by atoms with van der Waals surface area (Å²) in [6.07, 6.45) is 5.49. The number of likely N-dealkylation sites (N-methyl/N-ethyl adjacent to an activating group) is 1. The molecule has 2 aliphatic rings. The molecular formula is C22H17Br2F2NO. The lowest BCUT2D eigenvalue weighted by atomic mass is 9.88. The van der Waals surface area contributed by atoms with Crippen LogP contribution in [-0.4, -0.2) is 29.8 Å². The summed E-state index contributed by atoms with van der Waals surface area (Å²) in [7, 11) is 2.03. The average Bonchev–Trinajstić information content (AvgIpc) is 2.97. The molecule has 0 unspecified atom stereocenters. The van der Waals surface area contributed by atoms with Crippen LogP contribution in [0.15, 0.2) is 56.5 Å². The van der Waals surface area contributed by atoms with Crippen molar-refractivity contribution in [2.45, 2.75) is 24.9 Å². The molecule has 28 heavy (non-hydrogen) atoms. The predicted octanol–water partition coefficient (Wildman–Crippen LogP) is 6.00. The molecule has 2 bridgehead atoms. The Bertz CT molecular complexity index is 952. The highest BCUT2D eigenvalue weighted by Gasteiger charge is 2.44. The van der Waals surface area contributed by atoms with Gasteiger partial charge in [-0.05, 0) is 99.3 Å². The summed E-state index contributed by atoms with van der Waals surface area (Å²) in [4.78, 5) is 15.5. The van der Waals surface area contributed by atoms with Gasteiger partial charge in [0.25, 0.3) is 0 Å². The molecule has 0 spiro atoms. The zero-order chi connectivity index (χ0) is 20.0. The minimum absolute atomic E-state index is 0.00601. The minimum atomic E-state index is -0.336. The van der Waals surface area contributed by atoms with Crippen molar-refractivity contribution >= 4 is 49.8 Å². The van der Waals surface area contributed by atoms with E-state index in [1.165, 1.54) is 12.1 Å². The van der Waals surface area contributed by atoms with Crippen LogP contribution in [0.1, 0.15) is 24.0 Å². The van der Waals surface area contributed by atoms with Gasteiger partial charge < -0.3 is 0 Å². The number of Topliss-reactive ketones (excluding diaryl/α,β-unsaturated/α-hetero) is 1. The fourth-order valence-electron chi connectivity index (χ4n) is 4.05. The van der Waals surface area contributed by atoms with E-state index >= 15 is 0 Å². The molecule has 2 atom stereocenters. The van der Waals surface area contributed by atoms with Crippen LogP contribution < -0.4 is 0 Å². The van der Waals surface area contributed by atoms with Crippen molar-refractivity contribution in [3.63, 3.8) is 0 Å². The molecule has 2 saturated heterocycles. The standard InChI is InChI=1S/C22H17Br2F2NO/c1-27-20-6-7-21(27)15(9-13-3-5-19(26)17(24)11-13)22(28)14(20)8-12-2-4-18(25)16(23)10-12/h2-5,8-11,20-21H,6-7H2,1H3/b14-8+,15-9+/t20-,21-/m0/s1. The van der Waals surface area contributed by atoms with Gasteiger partial charge in [-0.1, -0.05) is 12.1 Å². The van der Waals surface area contributed by atoms with E-state index in [4.69, 9.17) is 0 Å². The topological polar surface area (TPSA) is 20.3 Å². The van der Waals surface area contributed by atoms with Crippen molar-refractivity contribution in [1.29, 1.82) is 0 Å². The first-order chi connectivity index (χ1) is 13.3.